The van der Waals surface area contributed by atoms with E-state index in [2.05, 4.69) is 10.3 Å². The fraction of sp³-hybridized carbons (Fsp3) is 0.364. The van der Waals surface area contributed by atoms with Crippen LogP contribution in [0.15, 0.2) is 12.3 Å². The Morgan fingerprint density at radius 3 is 2.94 bits per heavy atom. The first-order chi connectivity index (χ1) is 8.58. The van der Waals surface area contributed by atoms with Crippen molar-refractivity contribution in [2.24, 2.45) is 0 Å². The van der Waals surface area contributed by atoms with Crippen LogP contribution in [0.25, 0.3) is 0 Å². The molecule has 0 spiro atoms. The van der Waals surface area contributed by atoms with Gasteiger partial charge in [-0.2, -0.15) is 0 Å². The van der Waals surface area contributed by atoms with Gasteiger partial charge in [0.05, 0.1) is 10.6 Å². The molecule has 96 valence electrons. The van der Waals surface area contributed by atoms with Crippen LogP contribution in [0, 0.1) is 0 Å². The fourth-order valence-electron chi connectivity index (χ4n) is 1.72. The molecule has 2 amide bonds. The lowest BCUT2D eigenvalue weighted by molar-refractivity contribution is -0.120. The molecule has 1 N–H and O–H groups in total. The number of nitrogens with one attached hydrogen (secondary N) is 1. The average Bonchev–Trinajstić information content (AvgIpc) is 2.56. The highest BCUT2D eigenvalue weighted by atomic mass is 35.5. The van der Waals surface area contributed by atoms with Gasteiger partial charge in [-0.15, -0.1) is 0 Å². The molecule has 0 bridgehead atoms. The van der Waals surface area contributed by atoms with Crippen molar-refractivity contribution in [2.75, 3.05) is 19.6 Å². The average molecular weight is 288 g/mol. The van der Waals surface area contributed by atoms with Crippen LogP contribution in [0.1, 0.15) is 16.8 Å². The smallest absolute Gasteiger partial charge is 0.255 e. The predicted molar refractivity (Wildman–Crippen MR) is 67.8 cm³/mol. The summed E-state index contributed by atoms with van der Waals surface area (Å²) < 4.78 is 0. The summed E-state index contributed by atoms with van der Waals surface area (Å²) in [6.07, 6.45) is 1.64. The summed E-state index contributed by atoms with van der Waals surface area (Å²) in [6, 6.07) is 1.44. The van der Waals surface area contributed by atoms with Crippen LogP contribution < -0.4 is 5.32 Å². The normalized spacial score (nSPS) is 16.1. The largest absolute Gasteiger partial charge is 0.354 e. The molecule has 1 fully saturated rings. The van der Waals surface area contributed by atoms with Crippen molar-refractivity contribution in [2.45, 2.75) is 6.42 Å². The van der Waals surface area contributed by atoms with Crippen LogP contribution in [-0.2, 0) is 4.79 Å². The summed E-state index contributed by atoms with van der Waals surface area (Å²) in [5.41, 5.74) is 0.311. The first-order valence-electron chi connectivity index (χ1n) is 5.45. The Morgan fingerprint density at radius 2 is 2.17 bits per heavy atom. The highest BCUT2D eigenvalue weighted by molar-refractivity contribution is 6.35. The molecule has 7 heteroatoms. The van der Waals surface area contributed by atoms with Crippen molar-refractivity contribution in [1.29, 1.82) is 0 Å². The number of pyridine rings is 1. The highest BCUT2D eigenvalue weighted by Gasteiger charge is 2.21. The van der Waals surface area contributed by atoms with Gasteiger partial charge in [-0.1, -0.05) is 23.2 Å². The van der Waals surface area contributed by atoms with Gasteiger partial charge < -0.3 is 10.2 Å². The molecule has 2 heterocycles. The second kappa shape index (κ2) is 5.54. The van der Waals surface area contributed by atoms with Gasteiger partial charge in [-0.05, 0) is 6.07 Å². The lowest BCUT2D eigenvalue weighted by Gasteiger charge is -2.20. The van der Waals surface area contributed by atoms with E-state index in [1.165, 1.54) is 12.3 Å². The molecule has 0 radical (unpaired) electrons. The molecule has 1 aromatic rings. The number of carbonyl (C=O) groups excluding carboxylic acids is 2. The summed E-state index contributed by atoms with van der Waals surface area (Å²) in [5.74, 6) is -0.287. The lowest BCUT2D eigenvalue weighted by atomic mass is 10.2. The number of halogens is 2. The number of hydrogen-bond acceptors (Lipinski definition) is 3. The van der Waals surface area contributed by atoms with E-state index in [1.807, 2.05) is 0 Å². The molecule has 0 saturated carbocycles. The zero-order valence-corrected chi connectivity index (χ0v) is 11.0. The second-order valence-corrected chi connectivity index (χ2v) is 4.67. The summed E-state index contributed by atoms with van der Waals surface area (Å²) >= 11 is 11.7. The number of nitrogens with zero attached hydrogens (tertiary/aromatic N) is 2. The Labute approximate surface area is 114 Å². The summed E-state index contributed by atoms with van der Waals surface area (Å²) in [6.45, 7) is 1.28. The SMILES string of the molecule is O=C1CCN(C(=O)c2cc(Cl)ncc2Cl)CCN1. The molecule has 1 aromatic heterocycles. The maximum Gasteiger partial charge on any atom is 0.255 e. The van der Waals surface area contributed by atoms with Crippen LogP contribution in [0.4, 0.5) is 0 Å². The zero-order valence-electron chi connectivity index (χ0n) is 9.45. The van der Waals surface area contributed by atoms with Gasteiger partial charge in [-0.25, -0.2) is 4.98 Å². The number of rotatable bonds is 1. The van der Waals surface area contributed by atoms with E-state index in [9.17, 15) is 9.59 Å². The third-order valence-electron chi connectivity index (χ3n) is 2.65. The Bertz CT molecular complexity index is 493. The van der Waals surface area contributed by atoms with Crippen LogP contribution in [-0.4, -0.2) is 41.3 Å². The van der Waals surface area contributed by atoms with Gasteiger partial charge in [0, 0.05) is 32.3 Å². The van der Waals surface area contributed by atoms with E-state index in [0.717, 1.165) is 0 Å². The van der Waals surface area contributed by atoms with Gasteiger partial charge in [0.1, 0.15) is 5.15 Å². The zero-order chi connectivity index (χ0) is 13.1. The van der Waals surface area contributed by atoms with Gasteiger partial charge in [0.25, 0.3) is 5.91 Å². The van der Waals surface area contributed by atoms with Gasteiger partial charge in [-0.3, -0.25) is 9.59 Å². The molecule has 1 saturated heterocycles. The molecule has 0 atom stereocenters. The van der Waals surface area contributed by atoms with Crippen molar-refractivity contribution in [3.8, 4) is 0 Å². The fourth-order valence-corrected chi connectivity index (χ4v) is 2.06. The maximum absolute atomic E-state index is 12.2. The molecule has 2 rings (SSSR count). The Kier molecular flexibility index (Phi) is 4.04. The molecule has 1 aliphatic rings. The molecule has 0 aliphatic carbocycles. The lowest BCUT2D eigenvalue weighted by Crippen LogP contribution is -2.34. The molecule has 0 unspecified atom stereocenters. The van der Waals surface area contributed by atoms with E-state index in [4.69, 9.17) is 23.2 Å². The molecule has 5 nitrogen and oxygen atoms in total. The topological polar surface area (TPSA) is 62.3 Å². The second-order valence-electron chi connectivity index (χ2n) is 3.88. The summed E-state index contributed by atoms with van der Waals surface area (Å²) in [7, 11) is 0. The molecule has 1 aliphatic heterocycles. The van der Waals surface area contributed by atoms with Crippen molar-refractivity contribution < 1.29 is 9.59 Å². The molecule has 0 aromatic carbocycles. The third kappa shape index (κ3) is 2.91. The molecule has 18 heavy (non-hydrogen) atoms. The molecular formula is C11H11Cl2N3O2. The Hall–Kier alpha value is -1.33. The first-order valence-corrected chi connectivity index (χ1v) is 6.20. The standard InChI is InChI=1S/C11H11Cl2N3O2/c12-8-6-15-9(13)5-7(8)11(18)16-3-1-10(17)14-2-4-16/h5-6H,1-4H2,(H,14,17). The quantitative estimate of drug-likeness (QED) is 0.793. The minimum Gasteiger partial charge on any atom is -0.354 e. The number of carbonyl (C=O) groups is 2. The number of amides is 2. The minimum absolute atomic E-state index is 0.0517. The Morgan fingerprint density at radius 1 is 1.39 bits per heavy atom. The van der Waals surface area contributed by atoms with Crippen LogP contribution in [0.2, 0.25) is 10.2 Å². The van der Waals surface area contributed by atoms with Crippen molar-refractivity contribution >= 4 is 35.0 Å². The number of hydrogen-bond donors (Lipinski definition) is 1. The summed E-state index contributed by atoms with van der Waals surface area (Å²) in [4.78, 5) is 28.8. The predicted octanol–water partition coefficient (Wildman–Crippen LogP) is 1.35. The molecular weight excluding hydrogens is 277 g/mol. The third-order valence-corrected chi connectivity index (χ3v) is 3.16. The van der Waals surface area contributed by atoms with Gasteiger partial charge >= 0.3 is 0 Å². The van der Waals surface area contributed by atoms with Crippen LogP contribution >= 0.6 is 23.2 Å². The maximum atomic E-state index is 12.2. The monoisotopic (exact) mass is 287 g/mol. The van der Waals surface area contributed by atoms with Crippen molar-refractivity contribution in [1.82, 2.24) is 15.2 Å². The van der Waals surface area contributed by atoms with Gasteiger partial charge in [0.2, 0.25) is 5.91 Å². The highest BCUT2D eigenvalue weighted by Crippen LogP contribution is 2.20. The summed E-state index contributed by atoms with van der Waals surface area (Å²) in [5, 5.41) is 3.17. The van der Waals surface area contributed by atoms with E-state index in [1.54, 1.807) is 4.90 Å². The van der Waals surface area contributed by atoms with E-state index >= 15 is 0 Å². The Balaban J connectivity index is 2.19. The van der Waals surface area contributed by atoms with Crippen LogP contribution in [0.3, 0.4) is 0 Å². The van der Waals surface area contributed by atoms with Crippen LogP contribution in [0.5, 0.6) is 0 Å². The van der Waals surface area contributed by atoms with Crippen molar-refractivity contribution in [3.05, 3.63) is 28.0 Å². The van der Waals surface area contributed by atoms with Gasteiger partial charge in [0.15, 0.2) is 0 Å². The minimum atomic E-state index is -0.235. The first kappa shape index (κ1) is 13.1. The van der Waals surface area contributed by atoms with E-state index in [-0.39, 0.29) is 22.0 Å². The van der Waals surface area contributed by atoms with E-state index in [0.29, 0.717) is 31.6 Å². The van der Waals surface area contributed by atoms with E-state index < -0.39 is 0 Å². The van der Waals surface area contributed by atoms with Crippen molar-refractivity contribution in [3.63, 3.8) is 0 Å². The number of aromatic nitrogens is 1.